The van der Waals surface area contributed by atoms with Crippen LogP contribution in [-0.4, -0.2) is 33.9 Å². The van der Waals surface area contributed by atoms with E-state index < -0.39 is 15.3 Å². The summed E-state index contributed by atoms with van der Waals surface area (Å²) in [7, 11) is -1.81. The molecular weight excluding hydrogens is 276 g/mol. The van der Waals surface area contributed by atoms with Gasteiger partial charge in [0, 0.05) is 6.54 Å². The zero-order valence-electron chi connectivity index (χ0n) is 12.6. The topological polar surface area (TPSA) is 67.4 Å². The zero-order chi connectivity index (χ0) is 15.2. The number of methoxy groups -OCH3 is 1. The van der Waals surface area contributed by atoms with Crippen molar-refractivity contribution in [3.8, 4) is 5.75 Å². The highest BCUT2D eigenvalue weighted by Gasteiger charge is 2.20. The van der Waals surface area contributed by atoms with E-state index in [1.807, 2.05) is 13.8 Å². The van der Waals surface area contributed by atoms with Gasteiger partial charge in [0.1, 0.15) is 5.75 Å². The Bertz CT molecular complexity index is 529. The van der Waals surface area contributed by atoms with Crippen molar-refractivity contribution in [1.29, 1.82) is 0 Å². The summed E-state index contributed by atoms with van der Waals surface area (Å²) >= 11 is 0. The molecule has 0 aliphatic heterocycles. The number of ether oxygens (including phenoxy) is 1. The molecule has 1 rings (SSSR count). The lowest BCUT2D eigenvalue weighted by atomic mass is 10.2. The Morgan fingerprint density at radius 1 is 1.35 bits per heavy atom. The standard InChI is InChI=1S/C14H24N2O3S/c1-5-8-15-10-12(3)20(17,18)16-14-7-6-13(19-4)9-11(14)2/h6-7,9,12,15-16H,5,8,10H2,1-4H3. The fourth-order valence-corrected chi connectivity index (χ4v) is 2.80. The van der Waals surface area contributed by atoms with E-state index >= 15 is 0 Å². The van der Waals surface area contributed by atoms with E-state index in [0.29, 0.717) is 18.0 Å². The summed E-state index contributed by atoms with van der Waals surface area (Å²) in [6, 6.07) is 5.26. The Balaban J connectivity index is 2.75. The predicted molar refractivity (Wildman–Crippen MR) is 82.9 cm³/mol. The van der Waals surface area contributed by atoms with E-state index in [-0.39, 0.29) is 0 Å². The zero-order valence-corrected chi connectivity index (χ0v) is 13.4. The maximum absolute atomic E-state index is 12.2. The lowest BCUT2D eigenvalue weighted by molar-refractivity contribution is 0.414. The molecule has 1 atom stereocenters. The van der Waals surface area contributed by atoms with Crippen molar-refractivity contribution >= 4 is 15.7 Å². The highest BCUT2D eigenvalue weighted by atomic mass is 32.2. The fraction of sp³-hybridized carbons (Fsp3) is 0.571. The summed E-state index contributed by atoms with van der Waals surface area (Å²) in [4.78, 5) is 0. The maximum atomic E-state index is 12.2. The molecule has 20 heavy (non-hydrogen) atoms. The highest BCUT2D eigenvalue weighted by Crippen LogP contribution is 2.22. The number of rotatable bonds is 8. The quantitative estimate of drug-likeness (QED) is 0.722. The molecule has 0 saturated carbocycles. The van der Waals surface area contributed by atoms with Gasteiger partial charge in [-0.2, -0.15) is 0 Å². The van der Waals surface area contributed by atoms with Gasteiger partial charge in [-0.05, 0) is 50.6 Å². The monoisotopic (exact) mass is 300 g/mol. The van der Waals surface area contributed by atoms with Crippen LogP contribution < -0.4 is 14.8 Å². The molecule has 1 aromatic carbocycles. The van der Waals surface area contributed by atoms with Gasteiger partial charge in [0.15, 0.2) is 0 Å². The summed E-state index contributed by atoms with van der Waals surface area (Å²) < 4.78 is 32.2. The summed E-state index contributed by atoms with van der Waals surface area (Å²) in [5.74, 6) is 0.711. The third kappa shape index (κ3) is 4.68. The first-order chi connectivity index (χ1) is 9.40. The molecule has 0 bridgehead atoms. The molecule has 2 N–H and O–H groups in total. The average Bonchev–Trinajstić information content (AvgIpc) is 2.41. The predicted octanol–water partition coefficient (Wildman–Crippen LogP) is 2.13. The van der Waals surface area contributed by atoms with Gasteiger partial charge in [0.2, 0.25) is 10.0 Å². The van der Waals surface area contributed by atoms with Gasteiger partial charge in [-0.1, -0.05) is 6.92 Å². The van der Waals surface area contributed by atoms with E-state index in [9.17, 15) is 8.42 Å². The molecule has 0 saturated heterocycles. The van der Waals surface area contributed by atoms with Gasteiger partial charge in [0.25, 0.3) is 0 Å². The van der Waals surface area contributed by atoms with E-state index in [2.05, 4.69) is 10.0 Å². The SMILES string of the molecule is CCCNCC(C)S(=O)(=O)Nc1ccc(OC)cc1C. The lowest BCUT2D eigenvalue weighted by Gasteiger charge is -2.17. The molecule has 0 spiro atoms. The number of sulfonamides is 1. The Morgan fingerprint density at radius 3 is 2.60 bits per heavy atom. The molecule has 5 nitrogen and oxygen atoms in total. The molecule has 0 fully saturated rings. The molecule has 0 heterocycles. The molecule has 0 radical (unpaired) electrons. The fourth-order valence-electron chi connectivity index (χ4n) is 1.72. The third-order valence-corrected chi connectivity index (χ3v) is 4.80. The highest BCUT2D eigenvalue weighted by molar-refractivity contribution is 7.93. The van der Waals surface area contributed by atoms with Crippen LogP contribution in [0.5, 0.6) is 5.75 Å². The van der Waals surface area contributed by atoms with Crippen LogP contribution >= 0.6 is 0 Å². The van der Waals surface area contributed by atoms with Gasteiger partial charge in [0.05, 0.1) is 18.0 Å². The first-order valence-electron chi connectivity index (χ1n) is 6.77. The minimum atomic E-state index is -3.39. The molecule has 1 aromatic rings. The van der Waals surface area contributed by atoms with E-state index in [4.69, 9.17) is 4.74 Å². The summed E-state index contributed by atoms with van der Waals surface area (Å²) in [5.41, 5.74) is 1.43. The molecule has 0 aromatic heterocycles. The van der Waals surface area contributed by atoms with Crippen molar-refractivity contribution in [2.75, 3.05) is 24.9 Å². The molecule has 0 aliphatic carbocycles. The van der Waals surface area contributed by atoms with Gasteiger partial charge in [-0.3, -0.25) is 4.72 Å². The average molecular weight is 300 g/mol. The number of hydrogen-bond acceptors (Lipinski definition) is 4. The molecule has 0 aliphatic rings. The Hall–Kier alpha value is -1.27. The van der Waals surface area contributed by atoms with Gasteiger partial charge >= 0.3 is 0 Å². The normalized spacial score (nSPS) is 13.0. The van der Waals surface area contributed by atoms with Gasteiger partial charge in [-0.15, -0.1) is 0 Å². The Morgan fingerprint density at radius 2 is 2.05 bits per heavy atom. The number of anilines is 1. The smallest absolute Gasteiger partial charge is 0.236 e. The van der Waals surface area contributed by atoms with Crippen molar-refractivity contribution in [3.05, 3.63) is 23.8 Å². The summed E-state index contributed by atoms with van der Waals surface area (Å²) in [5, 5.41) is 2.63. The second-order valence-electron chi connectivity index (χ2n) is 4.84. The van der Waals surface area contributed by atoms with Crippen molar-refractivity contribution in [1.82, 2.24) is 5.32 Å². The largest absolute Gasteiger partial charge is 0.497 e. The van der Waals surface area contributed by atoms with Crippen molar-refractivity contribution in [3.63, 3.8) is 0 Å². The number of hydrogen-bond donors (Lipinski definition) is 2. The molecule has 114 valence electrons. The number of aryl methyl sites for hydroxylation is 1. The number of benzene rings is 1. The minimum absolute atomic E-state index is 0.443. The molecular formula is C14H24N2O3S. The summed E-state index contributed by atoms with van der Waals surface area (Å²) in [6.45, 7) is 6.86. The van der Waals surface area contributed by atoms with Crippen LogP contribution in [0, 0.1) is 6.92 Å². The second kappa shape index (κ2) is 7.50. The number of nitrogens with one attached hydrogen (secondary N) is 2. The van der Waals surface area contributed by atoms with Crippen molar-refractivity contribution in [2.24, 2.45) is 0 Å². The maximum Gasteiger partial charge on any atom is 0.236 e. The van der Waals surface area contributed by atoms with Crippen LogP contribution in [0.25, 0.3) is 0 Å². The summed E-state index contributed by atoms with van der Waals surface area (Å²) in [6.07, 6.45) is 0.984. The van der Waals surface area contributed by atoms with Crippen LogP contribution in [0.4, 0.5) is 5.69 Å². The van der Waals surface area contributed by atoms with Crippen molar-refractivity contribution < 1.29 is 13.2 Å². The Kier molecular flexibility index (Phi) is 6.29. The first-order valence-corrected chi connectivity index (χ1v) is 8.32. The lowest BCUT2D eigenvalue weighted by Crippen LogP contribution is -2.35. The van der Waals surface area contributed by atoms with E-state index in [0.717, 1.165) is 18.5 Å². The van der Waals surface area contributed by atoms with Crippen LogP contribution in [-0.2, 0) is 10.0 Å². The minimum Gasteiger partial charge on any atom is -0.497 e. The first kappa shape index (κ1) is 16.8. The molecule has 0 amide bonds. The van der Waals surface area contributed by atoms with Gasteiger partial charge in [-0.25, -0.2) is 8.42 Å². The van der Waals surface area contributed by atoms with Crippen molar-refractivity contribution in [2.45, 2.75) is 32.4 Å². The van der Waals surface area contributed by atoms with Crippen LogP contribution in [0.3, 0.4) is 0 Å². The van der Waals surface area contributed by atoms with Crippen LogP contribution in [0.2, 0.25) is 0 Å². The second-order valence-corrected chi connectivity index (χ2v) is 6.94. The van der Waals surface area contributed by atoms with Crippen LogP contribution in [0.15, 0.2) is 18.2 Å². The molecule has 6 heteroatoms. The Labute approximate surface area is 121 Å². The van der Waals surface area contributed by atoms with Crippen LogP contribution in [0.1, 0.15) is 25.8 Å². The van der Waals surface area contributed by atoms with E-state index in [1.165, 1.54) is 0 Å². The molecule has 1 unspecified atom stereocenters. The van der Waals surface area contributed by atoms with E-state index in [1.54, 1.807) is 32.2 Å². The third-order valence-electron chi connectivity index (χ3n) is 3.07. The van der Waals surface area contributed by atoms with Gasteiger partial charge < -0.3 is 10.1 Å².